The van der Waals surface area contributed by atoms with Gasteiger partial charge in [-0.05, 0) is 75.1 Å². The Morgan fingerprint density at radius 3 is 2.42 bits per heavy atom. The molecular formula is C36H39N9O3. The van der Waals surface area contributed by atoms with Gasteiger partial charge in [-0.1, -0.05) is 26.0 Å². The number of aliphatic imine (C=N–C) groups is 1. The minimum absolute atomic E-state index is 0.0956. The molecule has 0 saturated carbocycles. The van der Waals surface area contributed by atoms with E-state index >= 15 is 0 Å². The molecule has 0 aliphatic carbocycles. The molecule has 2 N–H and O–H groups in total. The van der Waals surface area contributed by atoms with Gasteiger partial charge in [0.1, 0.15) is 11.9 Å². The fraction of sp³-hybridized carbons (Fsp3) is 0.306. The standard InChI is InChI=1S/C36H39N9O3/c1-20(2)14-29-34(47)43(6)31-15-24(10-13-28(31)23(5)39-29)33(46)40-26-11-8-21(3)30(16-26)45-19-25-17-38-35(42-32(25)44(7)36(45)48)41-27-12-9-22(4)37-18-27/h8-13,15-18,20,29H,14,19H2,1-7H3,(H,40,46)(H,38,41,42). The van der Waals surface area contributed by atoms with E-state index in [-0.39, 0.29) is 24.4 Å². The van der Waals surface area contributed by atoms with Gasteiger partial charge < -0.3 is 15.5 Å². The Kier molecular flexibility index (Phi) is 8.65. The fourth-order valence-electron chi connectivity index (χ4n) is 5.97. The maximum Gasteiger partial charge on any atom is 0.330 e. The Morgan fingerprint density at radius 1 is 0.917 bits per heavy atom. The van der Waals surface area contributed by atoms with Crippen LogP contribution in [0.3, 0.4) is 0 Å². The molecule has 4 heterocycles. The Hall–Kier alpha value is -5.65. The van der Waals surface area contributed by atoms with E-state index in [1.807, 2.05) is 45.0 Å². The number of fused-ring (bicyclic) bond motifs is 2. The van der Waals surface area contributed by atoms with Crippen LogP contribution in [0.5, 0.6) is 0 Å². The molecule has 2 aromatic heterocycles. The zero-order valence-electron chi connectivity index (χ0n) is 28.2. The topological polar surface area (TPSA) is 136 Å². The molecular weight excluding hydrogens is 606 g/mol. The molecule has 2 aliphatic heterocycles. The maximum absolute atomic E-state index is 13.7. The summed E-state index contributed by atoms with van der Waals surface area (Å²) < 4.78 is 0. The Labute approximate surface area is 279 Å². The molecule has 0 spiro atoms. The molecule has 0 fully saturated rings. The molecule has 1 unspecified atom stereocenters. The number of urea groups is 1. The second-order valence-corrected chi connectivity index (χ2v) is 12.7. The number of likely N-dealkylation sites (N-methyl/N-ethyl adjacent to an activating group) is 1. The number of amides is 4. The van der Waals surface area contributed by atoms with Crippen LogP contribution in [-0.4, -0.2) is 58.6 Å². The summed E-state index contributed by atoms with van der Waals surface area (Å²) in [6.45, 7) is 10.1. The third-order valence-corrected chi connectivity index (χ3v) is 8.60. The van der Waals surface area contributed by atoms with E-state index in [4.69, 9.17) is 4.99 Å². The minimum atomic E-state index is -0.462. The number of anilines is 6. The highest BCUT2D eigenvalue weighted by atomic mass is 16.2. The lowest BCUT2D eigenvalue weighted by Gasteiger charge is -2.35. The highest BCUT2D eigenvalue weighted by molar-refractivity contribution is 6.14. The number of hydrogen-bond donors (Lipinski definition) is 2. The summed E-state index contributed by atoms with van der Waals surface area (Å²) in [7, 11) is 3.40. The highest BCUT2D eigenvalue weighted by Crippen LogP contribution is 2.34. The number of carbonyl (C=O) groups is 3. The number of nitrogens with one attached hydrogen (secondary N) is 2. The molecule has 12 heteroatoms. The van der Waals surface area contributed by atoms with Gasteiger partial charge in [0.05, 0.1) is 29.8 Å². The Morgan fingerprint density at radius 2 is 1.69 bits per heavy atom. The molecule has 246 valence electrons. The molecule has 6 rings (SSSR count). The van der Waals surface area contributed by atoms with Crippen LogP contribution in [0, 0.1) is 19.8 Å². The molecule has 0 saturated heterocycles. The summed E-state index contributed by atoms with van der Waals surface area (Å²) in [5, 5.41) is 6.12. The van der Waals surface area contributed by atoms with E-state index in [0.29, 0.717) is 46.7 Å². The van der Waals surface area contributed by atoms with Gasteiger partial charge in [-0.2, -0.15) is 4.98 Å². The van der Waals surface area contributed by atoms with E-state index < -0.39 is 6.04 Å². The van der Waals surface area contributed by atoms with Gasteiger partial charge in [-0.15, -0.1) is 0 Å². The van der Waals surface area contributed by atoms with Crippen molar-refractivity contribution >= 4 is 58.1 Å². The van der Waals surface area contributed by atoms with Crippen LogP contribution in [-0.2, 0) is 11.3 Å². The average Bonchev–Trinajstić information content (AvgIpc) is 3.14. The van der Waals surface area contributed by atoms with Gasteiger partial charge in [0.15, 0.2) is 0 Å². The lowest BCUT2D eigenvalue weighted by Crippen LogP contribution is -2.46. The summed E-state index contributed by atoms with van der Waals surface area (Å²) >= 11 is 0. The second-order valence-electron chi connectivity index (χ2n) is 12.7. The maximum atomic E-state index is 13.7. The van der Waals surface area contributed by atoms with Crippen LogP contribution < -0.4 is 25.3 Å². The van der Waals surface area contributed by atoms with Crippen molar-refractivity contribution in [2.24, 2.45) is 10.9 Å². The quantitative estimate of drug-likeness (QED) is 0.242. The first-order valence-electron chi connectivity index (χ1n) is 15.9. The Bertz CT molecular complexity index is 1960. The number of benzene rings is 2. The van der Waals surface area contributed by atoms with Gasteiger partial charge in [-0.3, -0.25) is 29.4 Å². The number of nitrogens with zero attached hydrogens (tertiary/aromatic N) is 7. The summed E-state index contributed by atoms with van der Waals surface area (Å²) in [6, 6.07) is 13.8. The molecule has 4 aromatic rings. The summed E-state index contributed by atoms with van der Waals surface area (Å²) in [5.41, 5.74) is 7.08. The number of benzodiazepines with no additional fused rings is 1. The number of hydrogen-bond acceptors (Lipinski definition) is 8. The largest absolute Gasteiger partial charge is 0.330 e. The van der Waals surface area contributed by atoms with Gasteiger partial charge >= 0.3 is 6.03 Å². The molecule has 0 bridgehead atoms. The van der Waals surface area contributed by atoms with Gasteiger partial charge in [0, 0.05) is 54.1 Å². The van der Waals surface area contributed by atoms with E-state index in [2.05, 4.69) is 39.4 Å². The molecule has 4 amide bonds. The zero-order valence-corrected chi connectivity index (χ0v) is 28.2. The van der Waals surface area contributed by atoms with Crippen LogP contribution in [0.1, 0.15) is 59.9 Å². The number of rotatable bonds is 7. The molecule has 48 heavy (non-hydrogen) atoms. The van der Waals surface area contributed by atoms with Crippen LogP contribution >= 0.6 is 0 Å². The number of aromatic nitrogens is 3. The fourth-order valence-corrected chi connectivity index (χ4v) is 5.97. The molecule has 2 aromatic carbocycles. The van der Waals surface area contributed by atoms with E-state index in [9.17, 15) is 14.4 Å². The monoisotopic (exact) mass is 645 g/mol. The molecule has 2 aliphatic rings. The second kappa shape index (κ2) is 12.9. The van der Waals surface area contributed by atoms with E-state index in [0.717, 1.165) is 33.8 Å². The zero-order chi connectivity index (χ0) is 34.3. The van der Waals surface area contributed by atoms with E-state index in [1.54, 1.807) is 60.6 Å². The molecule has 1 atom stereocenters. The molecule has 0 radical (unpaired) electrons. The third-order valence-electron chi connectivity index (χ3n) is 8.60. The minimum Gasteiger partial charge on any atom is -0.323 e. The lowest BCUT2D eigenvalue weighted by molar-refractivity contribution is -0.119. The first kappa shape index (κ1) is 32.3. The number of aryl methyl sites for hydroxylation is 2. The highest BCUT2D eigenvalue weighted by Gasteiger charge is 2.32. The first-order valence-corrected chi connectivity index (χ1v) is 15.9. The summed E-state index contributed by atoms with van der Waals surface area (Å²) in [4.78, 5) is 63.3. The van der Waals surface area contributed by atoms with Crippen LogP contribution in [0.25, 0.3) is 0 Å². The average molecular weight is 646 g/mol. The predicted molar refractivity (Wildman–Crippen MR) is 189 cm³/mol. The summed E-state index contributed by atoms with van der Waals surface area (Å²) in [5.74, 6) is 0.752. The van der Waals surface area contributed by atoms with Crippen molar-refractivity contribution in [3.63, 3.8) is 0 Å². The van der Waals surface area contributed by atoms with Crippen molar-refractivity contribution in [2.75, 3.05) is 39.4 Å². The summed E-state index contributed by atoms with van der Waals surface area (Å²) in [6.07, 6.45) is 4.06. The van der Waals surface area contributed by atoms with Crippen LogP contribution in [0.4, 0.5) is 39.3 Å². The van der Waals surface area contributed by atoms with E-state index in [1.165, 1.54) is 4.90 Å². The van der Waals surface area contributed by atoms with Crippen molar-refractivity contribution in [3.05, 3.63) is 88.9 Å². The van der Waals surface area contributed by atoms with Crippen molar-refractivity contribution in [2.45, 2.75) is 53.6 Å². The van der Waals surface area contributed by atoms with Crippen molar-refractivity contribution in [1.82, 2.24) is 15.0 Å². The van der Waals surface area contributed by atoms with Crippen molar-refractivity contribution in [3.8, 4) is 0 Å². The van der Waals surface area contributed by atoms with Crippen molar-refractivity contribution in [1.29, 1.82) is 0 Å². The molecule has 12 nitrogen and oxygen atoms in total. The lowest BCUT2D eigenvalue weighted by atomic mass is 10.0. The number of carbonyl (C=O) groups excluding carboxylic acids is 3. The van der Waals surface area contributed by atoms with Gasteiger partial charge in [0.2, 0.25) is 5.95 Å². The third kappa shape index (κ3) is 6.33. The Balaban J connectivity index is 1.21. The SMILES string of the molecule is CC1=NC(CC(C)C)C(=O)N(C)c2cc(C(=O)Nc3ccc(C)c(N4Cc5cnc(Nc6ccc(C)nc6)nc5N(C)C4=O)c3)ccc21. The predicted octanol–water partition coefficient (Wildman–Crippen LogP) is 6.26. The number of pyridine rings is 1. The smallest absolute Gasteiger partial charge is 0.323 e. The van der Waals surface area contributed by atoms with Crippen LogP contribution in [0.2, 0.25) is 0 Å². The van der Waals surface area contributed by atoms with Crippen LogP contribution in [0.15, 0.2) is 65.9 Å². The first-order chi connectivity index (χ1) is 22.9. The van der Waals surface area contributed by atoms with Gasteiger partial charge in [-0.25, -0.2) is 9.78 Å². The van der Waals surface area contributed by atoms with Crippen molar-refractivity contribution < 1.29 is 14.4 Å². The normalized spacial score (nSPS) is 16.0. The van der Waals surface area contributed by atoms with Gasteiger partial charge in [0.25, 0.3) is 11.8 Å².